The van der Waals surface area contributed by atoms with E-state index in [4.69, 9.17) is 0 Å². The van der Waals surface area contributed by atoms with Gasteiger partial charge in [0.25, 0.3) is 0 Å². The topological polar surface area (TPSA) is 17.1 Å². The van der Waals surface area contributed by atoms with Gasteiger partial charge in [0.2, 0.25) is 5.12 Å². The van der Waals surface area contributed by atoms with Gasteiger partial charge < -0.3 is 0 Å². The Morgan fingerprint density at radius 1 is 1.46 bits per heavy atom. The number of aryl methyl sites for hydroxylation is 2. The van der Waals surface area contributed by atoms with Crippen LogP contribution in [-0.2, 0) is 4.79 Å². The Morgan fingerprint density at radius 3 is 2.77 bits per heavy atom. The monoisotopic (exact) mass is 192 g/mol. The molecule has 0 atom stereocenters. The maximum atomic E-state index is 11.1. The van der Waals surface area contributed by atoms with Gasteiger partial charge in [0.15, 0.2) is 0 Å². The SMILES string of the molecule is C=CC(=O)Sc1cc(C)ccc1C. The zero-order valence-electron chi connectivity index (χ0n) is 7.83. The summed E-state index contributed by atoms with van der Waals surface area (Å²) in [5.74, 6) is 0. The van der Waals surface area contributed by atoms with E-state index in [1.54, 1.807) is 0 Å². The lowest BCUT2D eigenvalue weighted by Gasteiger charge is -2.03. The lowest BCUT2D eigenvalue weighted by atomic mass is 10.2. The molecule has 0 aliphatic heterocycles. The van der Waals surface area contributed by atoms with Crippen molar-refractivity contribution in [1.29, 1.82) is 0 Å². The molecule has 0 unspecified atom stereocenters. The maximum absolute atomic E-state index is 11.1. The average Bonchev–Trinajstić information content (AvgIpc) is 2.11. The summed E-state index contributed by atoms with van der Waals surface area (Å²) in [6.45, 7) is 7.45. The number of carbonyl (C=O) groups excluding carboxylic acids is 1. The molecule has 0 N–H and O–H groups in total. The summed E-state index contributed by atoms with van der Waals surface area (Å²) in [6, 6.07) is 6.08. The summed E-state index contributed by atoms with van der Waals surface area (Å²) in [5.41, 5.74) is 2.30. The van der Waals surface area contributed by atoms with E-state index in [9.17, 15) is 4.79 Å². The van der Waals surface area contributed by atoms with Crippen molar-refractivity contribution >= 4 is 16.9 Å². The van der Waals surface area contributed by atoms with Gasteiger partial charge in [0.1, 0.15) is 0 Å². The van der Waals surface area contributed by atoms with Crippen LogP contribution >= 0.6 is 11.8 Å². The molecule has 0 heterocycles. The molecule has 0 amide bonds. The van der Waals surface area contributed by atoms with Crippen LogP contribution in [0.5, 0.6) is 0 Å². The number of hydrogen-bond donors (Lipinski definition) is 0. The van der Waals surface area contributed by atoms with Gasteiger partial charge in [-0.15, -0.1) is 0 Å². The highest BCUT2D eigenvalue weighted by molar-refractivity contribution is 8.14. The van der Waals surface area contributed by atoms with E-state index in [1.165, 1.54) is 23.4 Å². The molecule has 0 aromatic heterocycles. The van der Waals surface area contributed by atoms with Crippen LogP contribution in [0.4, 0.5) is 0 Å². The minimum atomic E-state index is -0.00583. The van der Waals surface area contributed by atoms with Crippen LogP contribution in [0.1, 0.15) is 11.1 Å². The molecule has 0 aliphatic rings. The maximum Gasteiger partial charge on any atom is 0.216 e. The molecule has 2 heteroatoms. The molecule has 13 heavy (non-hydrogen) atoms. The van der Waals surface area contributed by atoms with Crippen molar-refractivity contribution in [3.05, 3.63) is 42.0 Å². The van der Waals surface area contributed by atoms with Gasteiger partial charge >= 0.3 is 0 Å². The Balaban J connectivity index is 2.93. The fourth-order valence-electron chi connectivity index (χ4n) is 0.967. The van der Waals surface area contributed by atoms with Crippen LogP contribution in [0.15, 0.2) is 35.7 Å². The first-order chi connectivity index (χ1) is 6.13. The lowest BCUT2D eigenvalue weighted by Crippen LogP contribution is -1.87. The van der Waals surface area contributed by atoms with E-state index in [0.29, 0.717) is 0 Å². The van der Waals surface area contributed by atoms with Gasteiger partial charge in [-0.3, -0.25) is 4.79 Å². The van der Waals surface area contributed by atoms with Gasteiger partial charge in [-0.1, -0.05) is 18.7 Å². The van der Waals surface area contributed by atoms with Crippen LogP contribution in [0.3, 0.4) is 0 Å². The Morgan fingerprint density at radius 2 is 2.15 bits per heavy atom. The summed E-state index contributed by atoms with van der Waals surface area (Å²) in [4.78, 5) is 12.1. The predicted octanol–water partition coefficient (Wildman–Crippen LogP) is 3.11. The summed E-state index contributed by atoms with van der Waals surface area (Å²) >= 11 is 1.23. The number of hydrogen-bond acceptors (Lipinski definition) is 2. The first-order valence-corrected chi connectivity index (χ1v) is 4.86. The van der Waals surface area contributed by atoms with Crippen molar-refractivity contribution in [2.45, 2.75) is 18.7 Å². The summed E-state index contributed by atoms with van der Waals surface area (Å²) in [7, 11) is 0. The van der Waals surface area contributed by atoms with Gasteiger partial charge in [0, 0.05) is 4.90 Å². The second-order valence-electron chi connectivity index (χ2n) is 2.89. The molecule has 1 aromatic carbocycles. The van der Waals surface area contributed by atoms with Gasteiger partial charge in [-0.25, -0.2) is 0 Å². The second-order valence-corrected chi connectivity index (χ2v) is 3.94. The summed E-state index contributed by atoms with van der Waals surface area (Å²) in [5, 5.41) is -0.00583. The van der Waals surface area contributed by atoms with Crippen LogP contribution in [0.25, 0.3) is 0 Å². The number of benzene rings is 1. The van der Waals surface area contributed by atoms with E-state index in [1.807, 2.05) is 32.0 Å². The smallest absolute Gasteiger partial charge is 0.216 e. The lowest BCUT2D eigenvalue weighted by molar-refractivity contribution is -0.107. The quantitative estimate of drug-likeness (QED) is 0.529. The van der Waals surface area contributed by atoms with Crippen LogP contribution in [-0.4, -0.2) is 5.12 Å². The minimum absolute atomic E-state index is 0.00583. The van der Waals surface area contributed by atoms with Crippen LogP contribution in [0.2, 0.25) is 0 Å². The van der Waals surface area contributed by atoms with Gasteiger partial charge in [-0.05, 0) is 48.9 Å². The van der Waals surface area contributed by atoms with E-state index in [0.717, 1.165) is 10.5 Å². The van der Waals surface area contributed by atoms with Crippen molar-refractivity contribution in [3.63, 3.8) is 0 Å². The zero-order valence-corrected chi connectivity index (χ0v) is 8.65. The first kappa shape index (κ1) is 10.1. The second kappa shape index (κ2) is 4.28. The first-order valence-electron chi connectivity index (χ1n) is 4.05. The van der Waals surface area contributed by atoms with Crippen LogP contribution in [0, 0.1) is 13.8 Å². The number of carbonyl (C=O) groups is 1. The van der Waals surface area contributed by atoms with E-state index in [2.05, 4.69) is 6.58 Å². The van der Waals surface area contributed by atoms with Crippen molar-refractivity contribution < 1.29 is 4.79 Å². The molecule has 1 nitrogen and oxygen atoms in total. The molecule has 0 saturated heterocycles. The predicted molar refractivity (Wildman–Crippen MR) is 57.0 cm³/mol. The highest BCUT2D eigenvalue weighted by Gasteiger charge is 2.03. The van der Waals surface area contributed by atoms with E-state index in [-0.39, 0.29) is 5.12 Å². The third-order valence-electron chi connectivity index (χ3n) is 1.72. The molecule has 0 spiro atoms. The number of rotatable bonds is 2. The highest BCUT2D eigenvalue weighted by Crippen LogP contribution is 2.24. The Kier molecular flexibility index (Phi) is 3.32. The number of thioether (sulfide) groups is 1. The van der Waals surface area contributed by atoms with Crippen molar-refractivity contribution in [2.75, 3.05) is 0 Å². The molecule has 0 bridgehead atoms. The van der Waals surface area contributed by atoms with E-state index < -0.39 is 0 Å². The molecular weight excluding hydrogens is 180 g/mol. The molecule has 0 saturated carbocycles. The zero-order chi connectivity index (χ0) is 9.84. The van der Waals surface area contributed by atoms with E-state index >= 15 is 0 Å². The third-order valence-corrected chi connectivity index (χ3v) is 2.75. The molecule has 0 aliphatic carbocycles. The molecular formula is C11H12OS. The molecule has 68 valence electrons. The summed E-state index contributed by atoms with van der Waals surface area (Å²) < 4.78 is 0. The Hall–Kier alpha value is -1.02. The Labute approximate surface area is 82.9 Å². The van der Waals surface area contributed by atoms with Gasteiger partial charge in [0.05, 0.1) is 0 Å². The largest absolute Gasteiger partial charge is 0.282 e. The molecule has 0 fully saturated rings. The standard InChI is InChI=1S/C11H12OS/c1-4-11(12)13-10-7-8(2)5-6-9(10)3/h4-7H,1H2,2-3H3. The van der Waals surface area contributed by atoms with Gasteiger partial charge in [-0.2, -0.15) is 0 Å². The molecule has 0 radical (unpaired) electrons. The fraction of sp³-hybridized carbons (Fsp3) is 0.182. The van der Waals surface area contributed by atoms with Crippen LogP contribution < -0.4 is 0 Å². The van der Waals surface area contributed by atoms with Crippen molar-refractivity contribution in [3.8, 4) is 0 Å². The molecule has 1 rings (SSSR count). The Bertz CT molecular complexity index is 342. The van der Waals surface area contributed by atoms with Crippen molar-refractivity contribution in [1.82, 2.24) is 0 Å². The molecule has 1 aromatic rings. The average molecular weight is 192 g/mol. The summed E-state index contributed by atoms with van der Waals surface area (Å²) in [6.07, 6.45) is 1.34. The third kappa shape index (κ3) is 2.74. The minimum Gasteiger partial charge on any atom is -0.282 e. The normalized spacial score (nSPS) is 9.69. The fourth-order valence-corrected chi connectivity index (χ4v) is 1.74. The van der Waals surface area contributed by atoms with Crippen molar-refractivity contribution in [2.24, 2.45) is 0 Å². The highest BCUT2D eigenvalue weighted by atomic mass is 32.2.